The molecular formula is C11H13BrO3S. The highest BCUT2D eigenvalue weighted by atomic mass is 79.9. The average molecular weight is 305 g/mol. The molecule has 0 amide bonds. The smallest absolute Gasteiger partial charge is 0.309 e. The predicted molar refractivity (Wildman–Crippen MR) is 66.6 cm³/mol. The van der Waals surface area contributed by atoms with Crippen molar-refractivity contribution in [1.82, 2.24) is 0 Å². The van der Waals surface area contributed by atoms with Crippen LogP contribution < -0.4 is 0 Å². The molecule has 5 heteroatoms. The number of ether oxygens (including phenoxy) is 1. The van der Waals surface area contributed by atoms with Gasteiger partial charge in [0.15, 0.2) is 0 Å². The van der Waals surface area contributed by atoms with Crippen LogP contribution in [0.4, 0.5) is 0 Å². The summed E-state index contributed by atoms with van der Waals surface area (Å²) in [5, 5.41) is 0. The molecule has 0 bridgehead atoms. The molecule has 0 radical (unpaired) electrons. The Morgan fingerprint density at radius 3 is 2.69 bits per heavy atom. The first kappa shape index (κ1) is 13.4. The molecule has 1 aromatic carbocycles. The van der Waals surface area contributed by atoms with Gasteiger partial charge in [-0.2, -0.15) is 0 Å². The van der Waals surface area contributed by atoms with Crippen molar-refractivity contribution < 1.29 is 13.7 Å². The van der Waals surface area contributed by atoms with Crippen LogP contribution in [0.15, 0.2) is 33.6 Å². The van der Waals surface area contributed by atoms with Gasteiger partial charge in [0.05, 0.1) is 28.7 Å². The first-order chi connectivity index (χ1) is 7.56. The van der Waals surface area contributed by atoms with Gasteiger partial charge in [-0.1, -0.05) is 19.1 Å². The van der Waals surface area contributed by atoms with Crippen molar-refractivity contribution in [2.75, 3.05) is 12.9 Å². The third-order valence-corrected chi connectivity index (χ3v) is 4.69. The number of methoxy groups -OCH3 is 1. The monoisotopic (exact) mass is 304 g/mol. The summed E-state index contributed by atoms with van der Waals surface area (Å²) in [4.78, 5) is 11.9. The van der Waals surface area contributed by atoms with Crippen molar-refractivity contribution in [3.05, 3.63) is 28.7 Å². The molecule has 0 spiro atoms. The van der Waals surface area contributed by atoms with Gasteiger partial charge in [-0.25, -0.2) is 0 Å². The minimum atomic E-state index is -1.19. The van der Waals surface area contributed by atoms with E-state index in [9.17, 15) is 9.00 Å². The lowest BCUT2D eigenvalue weighted by molar-refractivity contribution is -0.144. The second-order valence-corrected chi connectivity index (χ2v) is 5.69. The van der Waals surface area contributed by atoms with Crippen LogP contribution in [0.25, 0.3) is 0 Å². The molecule has 3 nitrogen and oxygen atoms in total. The molecule has 0 saturated carbocycles. The van der Waals surface area contributed by atoms with Crippen molar-refractivity contribution in [2.24, 2.45) is 5.92 Å². The van der Waals surface area contributed by atoms with Crippen LogP contribution in [-0.4, -0.2) is 23.0 Å². The second kappa shape index (κ2) is 6.15. The van der Waals surface area contributed by atoms with E-state index in [2.05, 4.69) is 20.7 Å². The molecule has 1 aromatic rings. The molecular weight excluding hydrogens is 292 g/mol. The summed E-state index contributed by atoms with van der Waals surface area (Å²) in [6.45, 7) is 1.71. The Balaban J connectivity index is 2.73. The molecule has 0 aliphatic rings. The zero-order valence-corrected chi connectivity index (χ0v) is 11.5. The van der Waals surface area contributed by atoms with Crippen molar-refractivity contribution in [2.45, 2.75) is 11.8 Å². The maximum absolute atomic E-state index is 12.0. The van der Waals surface area contributed by atoms with E-state index in [0.717, 1.165) is 4.47 Å². The van der Waals surface area contributed by atoms with Gasteiger partial charge in [0.1, 0.15) is 0 Å². The van der Waals surface area contributed by atoms with E-state index in [1.165, 1.54) is 7.11 Å². The Hall–Kier alpha value is -0.680. The third kappa shape index (κ3) is 3.42. The van der Waals surface area contributed by atoms with Crippen LogP contribution in [-0.2, 0) is 20.3 Å². The lowest BCUT2D eigenvalue weighted by Gasteiger charge is -2.09. The number of carbonyl (C=O) groups is 1. The highest BCUT2D eigenvalue weighted by molar-refractivity contribution is 9.10. The second-order valence-electron chi connectivity index (χ2n) is 3.37. The normalized spacial score (nSPS) is 14.2. The molecule has 0 saturated heterocycles. The first-order valence-corrected chi connectivity index (χ1v) is 6.88. The molecule has 0 aliphatic carbocycles. The number of esters is 1. The van der Waals surface area contributed by atoms with Gasteiger partial charge in [0, 0.05) is 10.2 Å². The Morgan fingerprint density at radius 2 is 2.12 bits per heavy atom. The summed E-state index contributed by atoms with van der Waals surface area (Å²) in [5.41, 5.74) is 0. The van der Waals surface area contributed by atoms with Crippen LogP contribution in [0.3, 0.4) is 0 Å². The van der Waals surface area contributed by atoms with E-state index in [4.69, 9.17) is 0 Å². The fourth-order valence-corrected chi connectivity index (χ4v) is 3.33. The van der Waals surface area contributed by atoms with Gasteiger partial charge in [-0.05, 0) is 28.1 Å². The predicted octanol–water partition coefficient (Wildman–Crippen LogP) is 2.37. The van der Waals surface area contributed by atoms with E-state index in [-0.39, 0.29) is 17.6 Å². The molecule has 0 N–H and O–H groups in total. The number of halogens is 1. The highest BCUT2D eigenvalue weighted by Crippen LogP contribution is 2.21. The van der Waals surface area contributed by atoms with E-state index in [1.807, 2.05) is 18.2 Å². The Morgan fingerprint density at radius 1 is 1.50 bits per heavy atom. The molecule has 16 heavy (non-hydrogen) atoms. The Bertz CT molecular complexity index is 406. The SMILES string of the molecule is COC(=O)C(C)CS(=O)c1ccccc1Br. The number of hydrogen-bond acceptors (Lipinski definition) is 3. The summed E-state index contributed by atoms with van der Waals surface area (Å²) in [5.74, 6) is -0.423. The van der Waals surface area contributed by atoms with Crippen molar-refractivity contribution in [1.29, 1.82) is 0 Å². The molecule has 0 heterocycles. The number of rotatable bonds is 4. The summed E-state index contributed by atoms with van der Waals surface area (Å²) in [6, 6.07) is 7.29. The molecule has 2 atom stereocenters. The molecule has 0 aliphatic heterocycles. The lowest BCUT2D eigenvalue weighted by atomic mass is 10.2. The Kier molecular flexibility index (Phi) is 5.15. The van der Waals surface area contributed by atoms with E-state index in [1.54, 1.807) is 13.0 Å². The molecule has 0 fully saturated rings. The van der Waals surface area contributed by atoms with E-state index >= 15 is 0 Å². The van der Waals surface area contributed by atoms with E-state index in [0.29, 0.717) is 4.90 Å². The molecule has 1 rings (SSSR count). The van der Waals surface area contributed by atoms with Crippen molar-refractivity contribution in [3.63, 3.8) is 0 Å². The first-order valence-electron chi connectivity index (χ1n) is 4.77. The van der Waals surface area contributed by atoms with Crippen molar-refractivity contribution in [3.8, 4) is 0 Å². The Labute approximate surface area is 106 Å². The summed E-state index contributed by atoms with van der Waals surface area (Å²) < 4.78 is 17.4. The van der Waals surface area contributed by atoms with Crippen LogP contribution in [0.1, 0.15) is 6.92 Å². The van der Waals surface area contributed by atoms with Crippen LogP contribution in [0.2, 0.25) is 0 Å². The number of carbonyl (C=O) groups excluding carboxylic acids is 1. The lowest BCUT2D eigenvalue weighted by Crippen LogP contribution is -2.19. The van der Waals surface area contributed by atoms with Gasteiger partial charge in [-0.15, -0.1) is 0 Å². The quantitative estimate of drug-likeness (QED) is 0.802. The maximum Gasteiger partial charge on any atom is 0.309 e. The highest BCUT2D eigenvalue weighted by Gasteiger charge is 2.18. The molecule has 2 unspecified atom stereocenters. The standard InChI is InChI=1S/C11H13BrO3S/c1-8(11(13)15-2)7-16(14)10-6-4-3-5-9(10)12/h3-6,8H,7H2,1-2H3. The molecule has 88 valence electrons. The zero-order valence-electron chi connectivity index (χ0n) is 9.10. The van der Waals surface area contributed by atoms with Crippen LogP contribution in [0, 0.1) is 5.92 Å². The summed E-state index contributed by atoms with van der Waals surface area (Å²) in [7, 11) is 0.139. The van der Waals surface area contributed by atoms with Gasteiger partial charge in [0.25, 0.3) is 0 Å². The number of benzene rings is 1. The van der Waals surface area contributed by atoms with Gasteiger partial charge < -0.3 is 4.74 Å². The average Bonchev–Trinajstić information content (AvgIpc) is 2.28. The third-order valence-electron chi connectivity index (χ3n) is 2.09. The minimum Gasteiger partial charge on any atom is -0.469 e. The van der Waals surface area contributed by atoms with Gasteiger partial charge >= 0.3 is 5.97 Å². The minimum absolute atomic E-state index is 0.273. The zero-order chi connectivity index (χ0) is 12.1. The van der Waals surface area contributed by atoms with E-state index < -0.39 is 10.8 Å². The number of hydrogen-bond donors (Lipinski definition) is 0. The van der Waals surface area contributed by atoms with Crippen LogP contribution >= 0.6 is 15.9 Å². The van der Waals surface area contributed by atoms with Gasteiger partial charge in [-0.3, -0.25) is 9.00 Å². The topological polar surface area (TPSA) is 43.4 Å². The van der Waals surface area contributed by atoms with Crippen LogP contribution in [0.5, 0.6) is 0 Å². The molecule has 0 aromatic heterocycles. The summed E-state index contributed by atoms with van der Waals surface area (Å²) in [6.07, 6.45) is 0. The summed E-state index contributed by atoms with van der Waals surface area (Å²) >= 11 is 3.33. The fourth-order valence-electron chi connectivity index (χ4n) is 1.22. The van der Waals surface area contributed by atoms with Crippen molar-refractivity contribution >= 4 is 32.7 Å². The van der Waals surface area contributed by atoms with Gasteiger partial charge in [0.2, 0.25) is 0 Å². The maximum atomic E-state index is 12.0. The largest absolute Gasteiger partial charge is 0.469 e. The fraction of sp³-hybridized carbons (Fsp3) is 0.364.